The first-order chi connectivity index (χ1) is 11.9. The van der Waals surface area contributed by atoms with Crippen molar-refractivity contribution in [1.29, 1.82) is 0 Å². The van der Waals surface area contributed by atoms with Crippen LogP contribution in [0.15, 0.2) is 24.3 Å². The summed E-state index contributed by atoms with van der Waals surface area (Å²) in [6.07, 6.45) is 0. The van der Waals surface area contributed by atoms with Crippen molar-refractivity contribution in [3.05, 3.63) is 50.7 Å². The van der Waals surface area contributed by atoms with Gasteiger partial charge in [-0.25, -0.2) is 4.68 Å². The van der Waals surface area contributed by atoms with Gasteiger partial charge in [-0.1, -0.05) is 17.7 Å². The van der Waals surface area contributed by atoms with Crippen molar-refractivity contribution in [2.24, 2.45) is 7.05 Å². The highest BCUT2D eigenvalue weighted by molar-refractivity contribution is 6.30. The quantitative estimate of drug-likeness (QED) is 0.616. The van der Waals surface area contributed by atoms with Gasteiger partial charge in [0.25, 0.3) is 5.91 Å². The maximum absolute atomic E-state index is 12.6. The highest BCUT2D eigenvalue weighted by Crippen LogP contribution is 2.31. The molecule has 1 saturated heterocycles. The third-order valence-corrected chi connectivity index (χ3v) is 4.52. The number of piperazine rings is 1. The summed E-state index contributed by atoms with van der Waals surface area (Å²) in [5.41, 5.74) is 0.959. The standard InChI is InChI=1S/C16H18ClN5O3/c1-11-14(22(24)25)15(19(2)18-11)20-6-8-21(9-7-20)16(23)12-4-3-5-13(17)10-12/h3-5,10H,6-9H2,1-2H3. The van der Waals surface area contributed by atoms with Gasteiger partial charge in [0.2, 0.25) is 5.82 Å². The molecule has 25 heavy (non-hydrogen) atoms. The fourth-order valence-electron chi connectivity index (χ4n) is 3.13. The number of rotatable bonds is 3. The van der Waals surface area contributed by atoms with E-state index < -0.39 is 4.92 Å². The monoisotopic (exact) mass is 363 g/mol. The average molecular weight is 364 g/mol. The van der Waals surface area contributed by atoms with Gasteiger partial charge >= 0.3 is 5.69 Å². The molecular formula is C16H18ClN5O3. The van der Waals surface area contributed by atoms with Crippen LogP contribution in [0.3, 0.4) is 0 Å². The molecule has 0 unspecified atom stereocenters. The average Bonchev–Trinajstić information content (AvgIpc) is 2.88. The maximum Gasteiger partial charge on any atom is 0.333 e. The summed E-state index contributed by atoms with van der Waals surface area (Å²) in [4.78, 5) is 27.1. The number of halogens is 1. The number of aromatic nitrogens is 2. The molecule has 2 aromatic rings. The van der Waals surface area contributed by atoms with Crippen LogP contribution in [0.2, 0.25) is 5.02 Å². The van der Waals surface area contributed by atoms with Crippen molar-refractivity contribution >= 4 is 29.0 Å². The van der Waals surface area contributed by atoms with Crippen molar-refractivity contribution in [2.45, 2.75) is 6.92 Å². The highest BCUT2D eigenvalue weighted by atomic mass is 35.5. The largest absolute Gasteiger partial charge is 0.348 e. The van der Waals surface area contributed by atoms with E-state index in [1.165, 1.54) is 4.68 Å². The predicted molar refractivity (Wildman–Crippen MR) is 94.2 cm³/mol. The first kappa shape index (κ1) is 17.2. The Bertz CT molecular complexity index is 827. The number of anilines is 1. The first-order valence-electron chi connectivity index (χ1n) is 7.86. The third-order valence-electron chi connectivity index (χ3n) is 4.28. The lowest BCUT2D eigenvalue weighted by molar-refractivity contribution is -0.384. The molecular weight excluding hydrogens is 346 g/mol. The summed E-state index contributed by atoms with van der Waals surface area (Å²) in [7, 11) is 1.69. The van der Waals surface area contributed by atoms with Gasteiger partial charge in [-0.05, 0) is 25.1 Å². The second-order valence-corrected chi connectivity index (χ2v) is 6.36. The molecule has 1 fully saturated rings. The molecule has 1 aromatic carbocycles. The predicted octanol–water partition coefficient (Wildman–Crippen LogP) is 2.25. The smallest absolute Gasteiger partial charge is 0.333 e. The zero-order chi connectivity index (χ0) is 18.1. The van der Waals surface area contributed by atoms with Gasteiger partial charge in [0.1, 0.15) is 5.69 Å². The van der Waals surface area contributed by atoms with Gasteiger partial charge in [-0.3, -0.25) is 14.9 Å². The van der Waals surface area contributed by atoms with Crippen molar-refractivity contribution in [3.8, 4) is 0 Å². The zero-order valence-electron chi connectivity index (χ0n) is 14.0. The van der Waals surface area contributed by atoms with Crippen molar-refractivity contribution < 1.29 is 9.72 Å². The second-order valence-electron chi connectivity index (χ2n) is 5.93. The van der Waals surface area contributed by atoms with E-state index in [-0.39, 0.29) is 11.6 Å². The molecule has 0 radical (unpaired) electrons. The molecule has 132 valence electrons. The van der Waals surface area contributed by atoms with Crippen LogP contribution >= 0.6 is 11.6 Å². The lowest BCUT2D eigenvalue weighted by atomic mass is 10.2. The minimum absolute atomic E-state index is 0.0251. The van der Waals surface area contributed by atoms with Crippen LogP contribution in [0.5, 0.6) is 0 Å². The van der Waals surface area contributed by atoms with Crippen LogP contribution in [-0.4, -0.2) is 51.7 Å². The molecule has 1 aliphatic rings. The Hall–Kier alpha value is -2.61. The van der Waals surface area contributed by atoms with Crippen molar-refractivity contribution in [3.63, 3.8) is 0 Å². The Morgan fingerprint density at radius 2 is 1.96 bits per heavy atom. The molecule has 1 aliphatic heterocycles. The van der Waals surface area contributed by atoms with E-state index in [0.29, 0.717) is 48.3 Å². The van der Waals surface area contributed by atoms with Crippen molar-refractivity contribution in [1.82, 2.24) is 14.7 Å². The first-order valence-corrected chi connectivity index (χ1v) is 8.24. The van der Waals surface area contributed by atoms with E-state index >= 15 is 0 Å². The fraction of sp³-hybridized carbons (Fsp3) is 0.375. The topological polar surface area (TPSA) is 84.5 Å². The number of nitro groups is 1. The number of hydrogen-bond donors (Lipinski definition) is 0. The summed E-state index contributed by atoms with van der Waals surface area (Å²) < 4.78 is 1.53. The Morgan fingerprint density at radius 1 is 1.28 bits per heavy atom. The van der Waals surface area contributed by atoms with Gasteiger partial charge in [0.15, 0.2) is 0 Å². The zero-order valence-corrected chi connectivity index (χ0v) is 14.7. The molecule has 0 aliphatic carbocycles. The summed E-state index contributed by atoms with van der Waals surface area (Å²) in [5.74, 6) is 0.398. The molecule has 1 aromatic heterocycles. The number of hydrogen-bond acceptors (Lipinski definition) is 5. The highest BCUT2D eigenvalue weighted by Gasteiger charge is 2.31. The number of nitrogens with zero attached hydrogens (tertiary/aromatic N) is 5. The summed E-state index contributed by atoms with van der Waals surface area (Å²) in [5, 5.41) is 16.0. The van der Waals surface area contributed by atoms with Gasteiger partial charge in [0.05, 0.1) is 4.92 Å². The minimum atomic E-state index is -0.402. The number of aryl methyl sites for hydroxylation is 2. The summed E-state index contributed by atoms with van der Waals surface area (Å²) in [6.45, 7) is 3.60. The van der Waals surface area contributed by atoms with E-state index in [1.807, 2.05) is 4.90 Å². The summed E-state index contributed by atoms with van der Waals surface area (Å²) >= 11 is 5.95. The van der Waals surface area contributed by atoms with Crippen LogP contribution in [0, 0.1) is 17.0 Å². The van der Waals surface area contributed by atoms with Crippen molar-refractivity contribution in [2.75, 3.05) is 31.1 Å². The normalized spacial score (nSPS) is 14.7. The van der Waals surface area contributed by atoms with Gasteiger partial charge in [-0.15, -0.1) is 0 Å². The van der Waals surface area contributed by atoms with E-state index in [9.17, 15) is 14.9 Å². The second kappa shape index (κ2) is 6.72. The number of carbonyl (C=O) groups excluding carboxylic acids is 1. The number of carbonyl (C=O) groups is 1. The Labute approximate surface area is 149 Å². The molecule has 0 N–H and O–H groups in total. The van der Waals surface area contributed by atoms with Gasteiger partial charge in [0, 0.05) is 43.8 Å². The molecule has 0 atom stereocenters. The van der Waals surface area contributed by atoms with Gasteiger partial charge < -0.3 is 9.80 Å². The number of benzene rings is 1. The number of amides is 1. The Morgan fingerprint density at radius 3 is 2.56 bits per heavy atom. The lowest BCUT2D eigenvalue weighted by Gasteiger charge is -2.35. The van der Waals surface area contributed by atoms with E-state index in [0.717, 1.165) is 0 Å². The lowest BCUT2D eigenvalue weighted by Crippen LogP contribution is -2.49. The molecule has 2 heterocycles. The molecule has 8 nitrogen and oxygen atoms in total. The Balaban J connectivity index is 1.75. The van der Waals surface area contributed by atoms with Crippen LogP contribution in [-0.2, 0) is 7.05 Å². The molecule has 9 heteroatoms. The van der Waals surface area contributed by atoms with Crippen LogP contribution < -0.4 is 4.90 Å². The minimum Gasteiger partial charge on any atom is -0.348 e. The molecule has 0 spiro atoms. The SMILES string of the molecule is Cc1nn(C)c(N2CCN(C(=O)c3cccc(Cl)c3)CC2)c1[N+](=O)[O-]. The van der Waals surface area contributed by atoms with Gasteiger partial charge in [-0.2, -0.15) is 5.10 Å². The van der Waals surface area contributed by atoms with Crippen LogP contribution in [0.1, 0.15) is 16.1 Å². The Kier molecular flexibility index (Phi) is 4.63. The molecule has 1 amide bonds. The van der Waals surface area contributed by atoms with Crippen LogP contribution in [0.25, 0.3) is 0 Å². The van der Waals surface area contributed by atoms with E-state index in [2.05, 4.69) is 5.10 Å². The van der Waals surface area contributed by atoms with E-state index in [1.54, 1.807) is 43.1 Å². The third kappa shape index (κ3) is 3.30. The maximum atomic E-state index is 12.6. The fourth-order valence-corrected chi connectivity index (χ4v) is 3.32. The molecule has 0 saturated carbocycles. The summed E-state index contributed by atoms with van der Waals surface area (Å²) in [6, 6.07) is 6.84. The molecule has 0 bridgehead atoms. The molecule has 3 rings (SSSR count). The van der Waals surface area contributed by atoms with E-state index in [4.69, 9.17) is 11.6 Å². The van der Waals surface area contributed by atoms with Crippen LogP contribution in [0.4, 0.5) is 11.5 Å².